The number of nitrogens with zero attached hydrogens (tertiary/aromatic N) is 3. The van der Waals surface area contributed by atoms with Gasteiger partial charge in [0.2, 0.25) is 5.91 Å². The first kappa shape index (κ1) is 20.4. The minimum absolute atomic E-state index is 0.00366. The molecule has 0 saturated heterocycles. The number of halogens is 1. The van der Waals surface area contributed by atoms with Crippen LogP contribution in [0, 0.1) is 10.1 Å². The van der Waals surface area contributed by atoms with Crippen molar-refractivity contribution < 1.29 is 14.5 Å². The Kier molecular flexibility index (Phi) is 5.81. The molecule has 1 amide bonds. The lowest BCUT2D eigenvalue weighted by Crippen LogP contribution is -2.20. The van der Waals surface area contributed by atoms with Crippen molar-refractivity contribution in [1.82, 2.24) is 9.55 Å². The second-order valence-corrected chi connectivity index (χ2v) is 7.08. The second-order valence-electron chi connectivity index (χ2n) is 6.68. The Morgan fingerprint density at radius 2 is 1.84 bits per heavy atom. The summed E-state index contributed by atoms with van der Waals surface area (Å²) in [5.74, 6) is 0.919. The first-order valence-corrected chi connectivity index (χ1v) is 9.75. The van der Waals surface area contributed by atoms with Crippen molar-refractivity contribution in [3.05, 3.63) is 93.8 Å². The van der Waals surface area contributed by atoms with Crippen molar-refractivity contribution in [2.75, 3.05) is 5.32 Å². The lowest BCUT2D eigenvalue weighted by molar-refractivity contribution is -0.384. The van der Waals surface area contributed by atoms with Gasteiger partial charge in [-0.25, -0.2) is 4.98 Å². The molecule has 0 bridgehead atoms. The van der Waals surface area contributed by atoms with Crippen LogP contribution in [0.1, 0.15) is 5.82 Å². The van der Waals surface area contributed by atoms with Crippen LogP contribution in [0.25, 0.3) is 11.0 Å². The number of rotatable bonds is 7. The monoisotopic (exact) mass is 436 g/mol. The molecule has 8 nitrogen and oxygen atoms in total. The van der Waals surface area contributed by atoms with Gasteiger partial charge in [0.15, 0.2) is 0 Å². The zero-order valence-corrected chi connectivity index (χ0v) is 17.0. The number of nitro benzene ring substituents is 1. The van der Waals surface area contributed by atoms with E-state index in [1.807, 2.05) is 54.6 Å². The molecule has 4 rings (SSSR count). The number of hydrogen-bond acceptors (Lipinski definition) is 5. The zero-order valence-electron chi connectivity index (χ0n) is 16.2. The van der Waals surface area contributed by atoms with Crippen LogP contribution >= 0.6 is 11.6 Å². The summed E-state index contributed by atoms with van der Waals surface area (Å²) < 4.78 is 7.57. The summed E-state index contributed by atoms with van der Waals surface area (Å²) in [5, 5.41) is 13.8. The summed E-state index contributed by atoms with van der Waals surface area (Å²) in [6.07, 6.45) is 0. The lowest BCUT2D eigenvalue weighted by atomic mass is 10.2. The Bertz CT molecular complexity index is 1260. The average molecular weight is 437 g/mol. The second kappa shape index (κ2) is 8.85. The van der Waals surface area contributed by atoms with Crippen LogP contribution in [0.3, 0.4) is 0 Å². The van der Waals surface area contributed by atoms with E-state index in [2.05, 4.69) is 10.3 Å². The Labute approximate surface area is 182 Å². The smallest absolute Gasteiger partial charge is 0.289 e. The van der Waals surface area contributed by atoms with Gasteiger partial charge in [-0.05, 0) is 36.4 Å². The molecule has 4 aromatic rings. The van der Waals surface area contributed by atoms with E-state index in [0.717, 1.165) is 11.0 Å². The molecule has 3 aromatic carbocycles. The molecule has 0 aliphatic rings. The molecule has 0 atom stereocenters. The quantitative estimate of drug-likeness (QED) is 0.331. The molecule has 0 saturated carbocycles. The normalized spacial score (nSPS) is 10.7. The first-order valence-electron chi connectivity index (χ1n) is 9.37. The largest absolute Gasteiger partial charge is 0.486 e. The standard InChI is InChI=1S/C22H17ClN4O4/c23-17-11-10-15(12-20(17)27(29)30)24-22(28)13-26-19-9-5-4-8-18(19)25-21(26)14-31-16-6-2-1-3-7-16/h1-12H,13-14H2,(H,24,28). The molecule has 0 spiro atoms. The highest BCUT2D eigenvalue weighted by Gasteiger charge is 2.17. The van der Waals surface area contributed by atoms with E-state index in [1.54, 1.807) is 4.57 Å². The minimum Gasteiger partial charge on any atom is -0.486 e. The number of aromatic nitrogens is 2. The Hall–Kier alpha value is -3.91. The van der Waals surface area contributed by atoms with Crippen LogP contribution in [0.4, 0.5) is 11.4 Å². The minimum atomic E-state index is -0.597. The number of carbonyl (C=O) groups is 1. The maximum absolute atomic E-state index is 12.7. The van der Waals surface area contributed by atoms with Crippen molar-refractivity contribution in [2.45, 2.75) is 13.2 Å². The van der Waals surface area contributed by atoms with Gasteiger partial charge in [-0.2, -0.15) is 0 Å². The maximum atomic E-state index is 12.7. The molecular weight excluding hydrogens is 420 g/mol. The van der Waals surface area contributed by atoms with Gasteiger partial charge in [0.25, 0.3) is 5.69 Å². The Morgan fingerprint density at radius 3 is 2.61 bits per heavy atom. The van der Waals surface area contributed by atoms with Crippen molar-refractivity contribution >= 4 is 39.9 Å². The number of ether oxygens (including phenoxy) is 1. The number of para-hydroxylation sites is 3. The molecule has 0 unspecified atom stereocenters. The summed E-state index contributed by atoms with van der Waals surface area (Å²) in [6, 6.07) is 20.9. The van der Waals surface area contributed by atoms with Crippen LogP contribution in [0.5, 0.6) is 5.75 Å². The van der Waals surface area contributed by atoms with E-state index < -0.39 is 4.92 Å². The van der Waals surface area contributed by atoms with E-state index in [9.17, 15) is 14.9 Å². The number of imidazole rings is 1. The highest BCUT2D eigenvalue weighted by Crippen LogP contribution is 2.27. The van der Waals surface area contributed by atoms with Crippen LogP contribution in [-0.4, -0.2) is 20.4 Å². The SMILES string of the molecule is O=C(Cn1c(COc2ccccc2)nc2ccccc21)Nc1ccc(Cl)c([N+](=O)[O-])c1. The van der Waals surface area contributed by atoms with Crippen LogP contribution in [0.15, 0.2) is 72.8 Å². The number of hydrogen-bond donors (Lipinski definition) is 1. The summed E-state index contributed by atoms with van der Waals surface area (Å²) in [7, 11) is 0. The Morgan fingerprint density at radius 1 is 1.10 bits per heavy atom. The third kappa shape index (κ3) is 4.65. The van der Waals surface area contributed by atoms with E-state index in [1.165, 1.54) is 18.2 Å². The molecule has 1 heterocycles. The Balaban J connectivity index is 1.56. The summed E-state index contributed by atoms with van der Waals surface area (Å²) in [4.78, 5) is 27.8. The number of carbonyl (C=O) groups excluding carboxylic acids is 1. The van der Waals surface area contributed by atoms with Gasteiger partial charge in [-0.15, -0.1) is 0 Å². The predicted octanol–water partition coefficient (Wildman–Crippen LogP) is 4.82. The first-order chi connectivity index (χ1) is 15.0. The number of nitrogens with one attached hydrogen (secondary N) is 1. The number of fused-ring (bicyclic) bond motifs is 1. The van der Waals surface area contributed by atoms with Gasteiger partial charge in [0.1, 0.15) is 29.7 Å². The molecule has 1 N–H and O–H groups in total. The molecule has 1 aromatic heterocycles. The fourth-order valence-electron chi connectivity index (χ4n) is 3.15. The fourth-order valence-corrected chi connectivity index (χ4v) is 3.34. The van der Waals surface area contributed by atoms with Crippen LogP contribution < -0.4 is 10.1 Å². The van der Waals surface area contributed by atoms with Crippen LogP contribution in [0.2, 0.25) is 5.02 Å². The average Bonchev–Trinajstić information content (AvgIpc) is 3.11. The number of nitro groups is 1. The molecule has 0 aliphatic heterocycles. The van der Waals surface area contributed by atoms with Gasteiger partial charge < -0.3 is 14.6 Å². The number of amides is 1. The molecule has 156 valence electrons. The van der Waals surface area contributed by atoms with Crippen molar-refractivity contribution in [2.24, 2.45) is 0 Å². The lowest BCUT2D eigenvalue weighted by Gasteiger charge is -2.11. The van der Waals surface area contributed by atoms with E-state index in [4.69, 9.17) is 16.3 Å². The van der Waals surface area contributed by atoms with Crippen LogP contribution in [-0.2, 0) is 17.9 Å². The van der Waals surface area contributed by atoms with E-state index in [0.29, 0.717) is 11.6 Å². The number of anilines is 1. The molecular formula is C22H17ClN4O4. The van der Waals surface area contributed by atoms with Crippen molar-refractivity contribution in [1.29, 1.82) is 0 Å². The van der Waals surface area contributed by atoms with E-state index in [-0.39, 0.29) is 35.5 Å². The predicted molar refractivity (Wildman–Crippen MR) is 117 cm³/mol. The van der Waals surface area contributed by atoms with Crippen molar-refractivity contribution in [3.8, 4) is 5.75 Å². The van der Waals surface area contributed by atoms with Crippen molar-refractivity contribution in [3.63, 3.8) is 0 Å². The van der Waals surface area contributed by atoms with Gasteiger partial charge in [0, 0.05) is 11.8 Å². The summed E-state index contributed by atoms with van der Waals surface area (Å²) in [5.41, 5.74) is 1.53. The summed E-state index contributed by atoms with van der Waals surface area (Å²) >= 11 is 5.83. The molecule has 0 fully saturated rings. The van der Waals surface area contributed by atoms with E-state index >= 15 is 0 Å². The molecule has 31 heavy (non-hydrogen) atoms. The molecule has 0 radical (unpaired) electrons. The maximum Gasteiger partial charge on any atom is 0.289 e. The fraction of sp³-hybridized carbons (Fsp3) is 0.0909. The summed E-state index contributed by atoms with van der Waals surface area (Å²) in [6.45, 7) is 0.142. The third-order valence-electron chi connectivity index (χ3n) is 4.57. The molecule has 0 aliphatic carbocycles. The highest BCUT2D eigenvalue weighted by molar-refractivity contribution is 6.32. The van der Waals surface area contributed by atoms with Gasteiger partial charge >= 0.3 is 0 Å². The third-order valence-corrected chi connectivity index (χ3v) is 4.89. The van der Waals surface area contributed by atoms with Gasteiger partial charge in [-0.1, -0.05) is 41.9 Å². The molecule has 9 heteroatoms. The zero-order chi connectivity index (χ0) is 21.8. The highest BCUT2D eigenvalue weighted by atomic mass is 35.5. The van der Waals surface area contributed by atoms with Gasteiger partial charge in [0.05, 0.1) is 16.0 Å². The van der Waals surface area contributed by atoms with Gasteiger partial charge in [-0.3, -0.25) is 14.9 Å². The number of benzene rings is 3. The topological polar surface area (TPSA) is 99.3 Å².